The molecule has 0 aliphatic rings. The monoisotopic (exact) mass is 552 g/mol. The van der Waals surface area contributed by atoms with Crippen LogP contribution in [0.4, 0.5) is 4.79 Å². The Bertz CT molecular complexity index is 751. The lowest BCUT2D eigenvalue weighted by molar-refractivity contribution is 0.0448. The third-order valence-corrected chi connectivity index (χ3v) is 4.74. The van der Waals surface area contributed by atoms with Crippen molar-refractivity contribution < 1.29 is 23.5 Å². The van der Waals surface area contributed by atoms with E-state index < -0.39 is 23.2 Å². The fraction of sp³-hybridized carbons (Fsp3) is 0.667. The van der Waals surface area contributed by atoms with E-state index in [4.69, 9.17) is 13.9 Å². The highest BCUT2D eigenvalue weighted by atomic mass is 127. The third-order valence-electron chi connectivity index (χ3n) is 4.74. The number of halogens is 1. The summed E-state index contributed by atoms with van der Waals surface area (Å²) in [4.78, 5) is 28.2. The molecular formula is C21H37IN4O5. The molecule has 0 bridgehead atoms. The number of carbonyl (C=O) groups is 2. The number of hydrogen-bond acceptors (Lipinski definition) is 6. The van der Waals surface area contributed by atoms with Crippen LogP contribution in [0.1, 0.15) is 69.3 Å². The van der Waals surface area contributed by atoms with Crippen molar-refractivity contribution in [2.75, 3.05) is 20.7 Å². The van der Waals surface area contributed by atoms with Crippen LogP contribution in [0.3, 0.4) is 0 Å². The molecule has 9 nitrogen and oxygen atoms in total. The van der Waals surface area contributed by atoms with Crippen molar-refractivity contribution in [3.8, 4) is 0 Å². The second-order valence-corrected chi connectivity index (χ2v) is 8.07. The minimum Gasteiger partial charge on any atom is -0.465 e. The number of nitrogens with zero attached hydrogens (tertiary/aromatic N) is 1. The first-order valence-corrected chi connectivity index (χ1v) is 10.1. The van der Waals surface area contributed by atoms with E-state index in [9.17, 15) is 9.59 Å². The number of hydrogen-bond donors (Lipinski definition) is 3. The molecule has 0 radical (unpaired) electrons. The van der Waals surface area contributed by atoms with E-state index >= 15 is 0 Å². The van der Waals surface area contributed by atoms with Crippen molar-refractivity contribution in [3.63, 3.8) is 0 Å². The summed E-state index contributed by atoms with van der Waals surface area (Å²) in [5.41, 5.74) is -0.652. The predicted molar refractivity (Wildman–Crippen MR) is 131 cm³/mol. The van der Waals surface area contributed by atoms with E-state index in [1.54, 1.807) is 20.0 Å². The van der Waals surface area contributed by atoms with Gasteiger partial charge in [-0.15, -0.1) is 24.0 Å². The molecule has 1 aromatic rings. The van der Waals surface area contributed by atoms with E-state index in [1.807, 2.05) is 34.6 Å². The lowest BCUT2D eigenvalue weighted by atomic mass is 9.93. The molecule has 0 aromatic carbocycles. The Morgan fingerprint density at radius 2 is 1.77 bits per heavy atom. The molecule has 0 atom stereocenters. The average molecular weight is 552 g/mol. The van der Waals surface area contributed by atoms with Crippen LogP contribution in [0, 0.1) is 6.92 Å². The van der Waals surface area contributed by atoms with Gasteiger partial charge in [-0.2, -0.15) is 0 Å². The van der Waals surface area contributed by atoms with Crippen molar-refractivity contribution in [2.24, 2.45) is 4.99 Å². The van der Waals surface area contributed by atoms with Crippen LogP contribution in [-0.2, 0) is 16.0 Å². The number of aryl methyl sites for hydroxylation is 1. The molecule has 10 heteroatoms. The SMILES string of the molecule is CCC(CC)(CNC(=NC)NCc1cc(C(=O)OC)c(C)o1)NC(=O)OC(C)(C)C.I. The molecule has 0 saturated heterocycles. The van der Waals surface area contributed by atoms with E-state index in [-0.39, 0.29) is 24.0 Å². The van der Waals surface area contributed by atoms with E-state index in [1.165, 1.54) is 7.11 Å². The number of alkyl carbamates (subject to hydrolysis) is 1. The Kier molecular flexibility index (Phi) is 12.0. The van der Waals surface area contributed by atoms with Gasteiger partial charge in [-0.25, -0.2) is 9.59 Å². The smallest absolute Gasteiger partial charge is 0.408 e. The Balaban J connectivity index is 0.00000900. The summed E-state index contributed by atoms with van der Waals surface area (Å²) in [5, 5.41) is 9.38. The van der Waals surface area contributed by atoms with Crippen LogP contribution < -0.4 is 16.0 Å². The van der Waals surface area contributed by atoms with Crippen LogP contribution in [0.25, 0.3) is 0 Å². The highest BCUT2D eigenvalue weighted by Gasteiger charge is 2.30. The molecule has 0 aliphatic heterocycles. The molecule has 0 spiro atoms. The molecule has 0 fully saturated rings. The van der Waals surface area contributed by atoms with Crippen LogP contribution in [0.15, 0.2) is 15.5 Å². The Morgan fingerprint density at radius 3 is 2.26 bits per heavy atom. The van der Waals surface area contributed by atoms with Crippen molar-refractivity contribution in [1.82, 2.24) is 16.0 Å². The van der Waals surface area contributed by atoms with Crippen molar-refractivity contribution in [2.45, 2.75) is 72.1 Å². The number of carbonyl (C=O) groups excluding carboxylic acids is 2. The quantitative estimate of drug-likeness (QED) is 0.195. The molecule has 0 unspecified atom stereocenters. The number of furan rings is 1. The van der Waals surface area contributed by atoms with Gasteiger partial charge in [-0.1, -0.05) is 13.8 Å². The summed E-state index contributed by atoms with van der Waals surface area (Å²) >= 11 is 0. The van der Waals surface area contributed by atoms with Crippen LogP contribution in [-0.4, -0.2) is 49.9 Å². The second kappa shape index (κ2) is 12.8. The molecule has 3 N–H and O–H groups in total. The number of nitrogens with one attached hydrogen (secondary N) is 3. The van der Waals surface area contributed by atoms with E-state index in [0.717, 1.165) is 0 Å². The first kappa shape index (κ1) is 29.0. The zero-order valence-corrected chi connectivity index (χ0v) is 22.1. The summed E-state index contributed by atoms with van der Waals surface area (Å²) in [6.07, 6.45) is 0.983. The van der Waals surface area contributed by atoms with Crippen LogP contribution in [0.5, 0.6) is 0 Å². The first-order valence-electron chi connectivity index (χ1n) is 10.1. The lowest BCUT2D eigenvalue weighted by Crippen LogP contribution is -2.57. The zero-order chi connectivity index (χ0) is 22.9. The van der Waals surface area contributed by atoms with Crippen LogP contribution in [0.2, 0.25) is 0 Å². The summed E-state index contributed by atoms with van der Waals surface area (Å²) in [6, 6.07) is 1.65. The minimum atomic E-state index is -0.563. The number of methoxy groups -OCH3 is 1. The summed E-state index contributed by atoms with van der Waals surface area (Å²) in [7, 11) is 2.99. The van der Waals surface area contributed by atoms with Crippen molar-refractivity contribution in [1.29, 1.82) is 0 Å². The van der Waals surface area contributed by atoms with Gasteiger partial charge in [-0.3, -0.25) is 4.99 Å². The second-order valence-electron chi connectivity index (χ2n) is 8.07. The third kappa shape index (κ3) is 9.36. The standard InChI is InChI=1S/C21H36N4O5.HI/c1-9-21(10-2,25-19(27)30-20(4,5)6)13-24-18(22-7)23-12-15-11-16(14(3)29-15)17(26)28-8;/h11H,9-10,12-13H2,1-8H3,(H,25,27)(H2,22,23,24);1H. The Morgan fingerprint density at radius 1 is 1.16 bits per heavy atom. The van der Waals surface area contributed by atoms with Gasteiger partial charge < -0.3 is 29.8 Å². The molecule has 0 aliphatic carbocycles. The molecule has 1 amide bonds. The van der Waals surface area contributed by atoms with E-state index in [2.05, 4.69) is 20.9 Å². The van der Waals surface area contributed by atoms with Crippen LogP contribution >= 0.6 is 24.0 Å². The molecular weight excluding hydrogens is 515 g/mol. The fourth-order valence-electron chi connectivity index (χ4n) is 2.83. The molecule has 1 heterocycles. The molecule has 31 heavy (non-hydrogen) atoms. The average Bonchev–Trinajstić information content (AvgIpc) is 3.05. The zero-order valence-electron chi connectivity index (χ0n) is 19.8. The number of aliphatic imine (C=N–C) groups is 1. The summed E-state index contributed by atoms with van der Waals surface area (Å²) < 4.78 is 15.7. The van der Waals surface area contributed by atoms with Gasteiger partial charge in [0.15, 0.2) is 5.96 Å². The lowest BCUT2D eigenvalue weighted by Gasteiger charge is -2.34. The van der Waals surface area contributed by atoms with Gasteiger partial charge in [0.2, 0.25) is 0 Å². The maximum Gasteiger partial charge on any atom is 0.408 e. The van der Waals surface area contributed by atoms with Crippen molar-refractivity contribution in [3.05, 3.63) is 23.2 Å². The topological polar surface area (TPSA) is 114 Å². The Labute approximate surface area is 202 Å². The van der Waals surface area contributed by atoms with Crippen molar-refractivity contribution >= 4 is 42.0 Å². The highest BCUT2D eigenvalue weighted by molar-refractivity contribution is 14.0. The molecule has 1 rings (SSSR count). The highest BCUT2D eigenvalue weighted by Crippen LogP contribution is 2.17. The maximum absolute atomic E-state index is 12.3. The fourth-order valence-corrected chi connectivity index (χ4v) is 2.83. The minimum absolute atomic E-state index is 0. The maximum atomic E-state index is 12.3. The van der Waals surface area contributed by atoms with Gasteiger partial charge in [0.1, 0.15) is 22.7 Å². The van der Waals surface area contributed by atoms with Gasteiger partial charge in [0.05, 0.1) is 19.2 Å². The number of rotatable bonds is 8. The summed E-state index contributed by atoms with van der Waals surface area (Å²) in [5.74, 6) is 1.19. The van der Waals surface area contributed by atoms with E-state index in [0.29, 0.717) is 49.0 Å². The molecule has 178 valence electrons. The van der Waals surface area contributed by atoms with Gasteiger partial charge in [0.25, 0.3) is 0 Å². The number of ether oxygens (including phenoxy) is 2. The summed E-state index contributed by atoms with van der Waals surface area (Å²) in [6.45, 7) is 12.0. The predicted octanol–water partition coefficient (Wildman–Crippen LogP) is 3.74. The number of esters is 1. The normalized spacial score (nSPS) is 11.9. The Hall–Kier alpha value is -1.98. The van der Waals surface area contributed by atoms with Gasteiger partial charge in [0, 0.05) is 13.6 Å². The largest absolute Gasteiger partial charge is 0.465 e. The molecule has 1 aromatic heterocycles. The first-order chi connectivity index (χ1) is 14.0. The molecule has 0 saturated carbocycles. The van der Waals surface area contributed by atoms with Gasteiger partial charge >= 0.3 is 12.1 Å². The number of guanidine groups is 1. The van der Waals surface area contributed by atoms with Gasteiger partial charge in [-0.05, 0) is 46.6 Å². The number of amides is 1.